The largest absolute Gasteiger partial charge is 0.496 e. The van der Waals surface area contributed by atoms with Crippen LogP contribution in [-0.4, -0.2) is 38.2 Å². The van der Waals surface area contributed by atoms with Gasteiger partial charge in [-0.3, -0.25) is 0 Å². The standard InChI is InChI=1S/C16H28N2O/c1-12(2)18(5)10-9-17-14(4)15-8-7-13(3)11-16(15)19-6/h7-8,11-12,14,17H,9-10H2,1-6H3. The number of aryl methyl sites for hydroxylation is 1. The van der Waals surface area contributed by atoms with Crippen molar-refractivity contribution in [1.82, 2.24) is 10.2 Å². The Balaban J connectivity index is 2.56. The SMILES string of the molecule is COc1cc(C)ccc1C(C)NCCN(C)C(C)C. The molecule has 0 saturated heterocycles. The van der Waals surface area contributed by atoms with Gasteiger partial charge in [-0.2, -0.15) is 0 Å². The summed E-state index contributed by atoms with van der Waals surface area (Å²) in [5.74, 6) is 0.970. The molecule has 0 spiro atoms. The zero-order valence-electron chi connectivity index (χ0n) is 13.2. The molecule has 19 heavy (non-hydrogen) atoms. The zero-order chi connectivity index (χ0) is 14.4. The van der Waals surface area contributed by atoms with Crippen LogP contribution in [0.15, 0.2) is 18.2 Å². The maximum Gasteiger partial charge on any atom is 0.123 e. The molecular weight excluding hydrogens is 236 g/mol. The van der Waals surface area contributed by atoms with Crippen LogP contribution in [0.1, 0.15) is 37.9 Å². The molecule has 108 valence electrons. The van der Waals surface area contributed by atoms with E-state index in [1.165, 1.54) is 11.1 Å². The summed E-state index contributed by atoms with van der Waals surface area (Å²) in [6.45, 7) is 10.7. The number of methoxy groups -OCH3 is 1. The highest BCUT2D eigenvalue weighted by Crippen LogP contribution is 2.25. The van der Waals surface area contributed by atoms with Crippen LogP contribution in [0.5, 0.6) is 5.75 Å². The zero-order valence-corrected chi connectivity index (χ0v) is 13.2. The summed E-state index contributed by atoms with van der Waals surface area (Å²) in [6.07, 6.45) is 0. The number of likely N-dealkylation sites (N-methyl/N-ethyl adjacent to an activating group) is 1. The van der Waals surface area contributed by atoms with Crippen molar-refractivity contribution < 1.29 is 4.74 Å². The van der Waals surface area contributed by atoms with Gasteiger partial charge < -0.3 is 15.0 Å². The van der Waals surface area contributed by atoms with Gasteiger partial charge in [-0.15, -0.1) is 0 Å². The first kappa shape index (κ1) is 16.0. The Hall–Kier alpha value is -1.06. The van der Waals surface area contributed by atoms with Crippen molar-refractivity contribution in [2.24, 2.45) is 0 Å². The molecule has 1 rings (SSSR count). The van der Waals surface area contributed by atoms with Crippen LogP contribution in [0, 0.1) is 6.92 Å². The van der Waals surface area contributed by atoms with Crippen molar-refractivity contribution in [3.63, 3.8) is 0 Å². The van der Waals surface area contributed by atoms with E-state index in [9.17, 15) is 0 Å². The summed E-state index contributed by atoms with van der Waals surface area (Å²) in [7, 11) is 3.89. The third-order valence-electron chi connectivity index (χ3n) is 3.65. The fourth-order valence-electron chi connectivity index (χ4n) is 2.00. The molecule has 0 radical (unpaired) electrons. The molecule has 0 saturated carbocycles. The van der Waals surface area contributed by atoms with E-state index in [1.807, 2.05) is 0 Å². The first-order valence-corrected chi connectivity index (χ1v) is 7.04. The Morgan fingerprint density at radius 2 is 1.95 bits per heavy atom. The summed E-state index contributed by atoms with van der Waals surface area (Å²) in [6, 6.07) is 7.27. The highest BCUT2D eigenvalue weighted by molar-refractivity contribution is 5.38. The van der Waals surface area contributed by atoms with Crippen molar-refractivity contribution in [3.8, 4) is 5.75 Å². The lowest BCUT2D eigenvalue weighted by Gasteiger charge is -2.23. The Kier molecular flexibility index (Phi) is 6.32. The summed E-state index contributed by atoms with van der Waals surface area (Å²) < 4.78 is 5.46. The first-order valence-electron chi connectivity index (χ1n) is 7.04. The van der Waals surface area contributed by atoms with Crippen LogP contribution in [0.2, 0.25) is 0 Å². The van der Waals surface area contributed by atoms with Crippen LogP contribution < -0.4 is 10.1 Å². The lowest BCUT2D eigenvalue weighted by molar-refractivity contribution is 0.269. The summed E-state index contributed by atoms with van der Waals surface area (Å²) >= 11 is 0. The number of nitrogens with zero attached hydrogens (tertiary/aromatic N) is 1. The molecule has 1 aromatic rings. The van der Waals surface area contributed by atoms with Crippen LogP contribution >= 0.6 is 0 Å². The number of hydrogen-bond donors (Lipinski definition) is 1. The Morgan fingerprint density at radius 1 is 1.26 bits per heavy atom. The van der Waals surface area contributed by atoms with Gasteiger partial charge in [-0.05, 0) is 46.4 Å². The highest BCUT2D eigenvalue weighted by atomic mass is 16.5. The van der Waals surface area contributed by atoms with E-state index in [4.69, 9.17) is 4.74 Å². The van der Waals surface area contributed by atoms with Gasteiger partial charge in [0.05, 0.1) is 7.11 Å². The molecule has 0 aromatic heterocycles. The average molecular weight is 264 g/mol. The molecule has 1 atom stereocenters. The molecule has 3 heteroatoms. The van der Waals surface area contributed by atoms with E-state index in [0.29, 0.717) is 12.1 Å². The van der Waals surface area contributed by atoms with Crippen LogP contribution in [0.3, 0.4) is 0 Å². The van der Waals surface area contributed by atoms with Gasteiger partial charge in [0, 0.05) is 30.7 Å². The van der Waals surface area contributed by atoms with Crippen molar-refractivity contribution >= 4 is 0 Å². The molecule has 0 aliphatic carbocycles. The minimum absolute atomic E-state index is 0.302. The molecule has 0 heterocycles. The quantitative estimate of drug-likeness (QED) is 0.819. The van der Waals surface area contributed by atoms with Gasteiger partial charge in [0.25, 0.3) is 0 Å². The first-order chi connectivity index (χ1) is 8.95. The second-order valence-corrected chi connectivity index (χ2v) is 5.50. The fourth-order valence-corrected chi connectivity index (χ4v) is 2.00. The second kappa shape index (κ2) is 7.51. The van der Waals surface area contributed by atoms with Crippen LogP contribution in [0.25, 0.3) is 0 Å². The molecule has 3 nitrogen and oxygen atoms in total. The fraction of sp³-hybridized carbons (Fsp3) is 0.625. The van der Waals surface area contributed by atoms with E-state index >= 15 is 0 Å². The van der Waals surface area contributed by atoms with Gasteiger partial charge in [0.1, 0.15) is 5.75 Å². The Bertz CT molecular complexity index is 390. The molecule has 0 bridgehead atoms. The monoisotopic (exact) mass is 264 g/mol. The smallest absolute Gasteiger partial charge is 0.123 e. The maximum absolute atomic E-state index is 5.46. The third kappa shape index (κ3) is 4.84. The molecule has 0 aliphatic rings. The maximum atomic E-state index is 5.46. The van der Waals surface area contributed by atoms with Gasteiger partial charge in [-0.25, -0.2) is 0 Å². The number of rotatable bonds is 7. The molecule has 1 aromatic carbocycles. The summed E-state index contributed by atoms with van der Waals surface area (Å²) in [5.41, 5.74) is 2.45. The summed E-state index contributed by atoms with van der Waals surface area (Å²) in [4.78, 5) is 2.34. The summed E-state index contributed by atoms with van der Waals surface area (Å²) in [5, 5.41) is 3.56. The lowest BCUT2D eigenvalue weighted by Crippen LogP contribution is -2.34. The lowest BCUT2D eigenvalue weighted by atomic mass is 10.0. The van der Waals surface area contributed by atoms with Gasteiger partial charge in [0.2, 0.25) is 0 Å². The molecule has 0 aliphatic heterocycles. The average Bonchev–Trinajstić information content (AvgIpc) is 2.37. The predicted molar refractivity (Wildman–Crippen MR) is 81.9 cm³/mol. The van der Waals surface area contributed by atoms with Crippen molar-refractivity contribution in [3.05, 3.63) is 29.3 Å². The van der Waals surface area contributed by atoms with Crippen molar-refractivity contribution in [1.29, 1.82) is 0 Å². The molecule has 0 amide bonds. The predicted octanol–water partition coefficient (Wildman–Crippen LogP) is 2.99. The van der Waals surface area contributed by atoms with Gasteiger partial charge in [0.15, 0.2) is 0 Å². The minimum Gasteiger partial charge on any atom is -0.496 e. The second-order valence-electron chi connectivity index (χ2n) is 5.50. The molecule has 0 fully saturated rings. The Labute approximate surface area is 118 Å². The van der Waals surface area contributed by atoms with E-state index in [2.05, 4.69) is 63.2 Å². The van der Waals surface area contributed by atoms with E-state index in [1.54, 1.807) is 7.11 Å². The van der Waals surface area contributed by atoms with E-state index in [-0.39, 0.29) is 0 Å². The minimum atomic E-state index is 0.302. The van der Waals surface area contributed by atoms with Gasteiger partial charge >= 0.3 is 0 Å². The molecule has 1 N–H and O–H groups in total. The van der Waals surface area contributed by atoms with Crippen molar-refractivity contribution in [2.45, 2.75) is 39.8 Å². The normalized spacial score (nSPS) is 13.1. The molecular formula is C16H28N2O. The van der Waals surface area contributed by atoms with Crippen LogP contribution in [-0.2, 0) is 0 Å². The number of nitrogens with one attached hydrogen (secondary N) is 1. The van der Waals surface area contributed by atoms with E-state index < -0.39 is 0 Å². The number of hydrogen-bond acceptors (Lipinski definition) is 3. The number of ether oxygens (including phenoxy) is 1. The highest BCUT2D eigenvalue weighted by Gasteiger charge is 2.11. The molecule has 1 unspecified atom stereocenters. The Morgan fingerprint density at radius 3 is 2.53 bits per heavy atom. The third-order valence-corrected chi connectivity index (χ3v) is 3.65. The topological polar surface area (TPSA) is 24.5 Å². The van der Waals surface area contributed by atoms with Crippen molar-refractivity contribution in [2.75, 3.05) is 27.2 Å². The van der Waals surface area contributed by atoms with E-state index in [0.717, 1.165) is 18.8 Å². The number of benzene rings is 1. The van der Waals surface area contributed by atoms with Crippen LogP contribution in [0.4, 0.5) is 0 Å². The van der Waals surface area contributed by atoms with Gasteiger partial charge in [-0.1, -0.05) is 12.1 Å².